The Bertz CT molecular complexity index is 524. The third kappa shape index (κ3) is 9.22. The van der Waals surface area contributed by atoms with Crippen LogP contribution in [0.15, 0.2) is 0 Å². The number of carbonyl (C=O) groups is 5. The second-order valence-electron chi connectivity index (χ2n) is 5.13. The van der Waals surface area contributed by atoms with E-state index >= 15 is 0 Å². The molecule has 8 N–H and O–H groups in total. The summed E-state index contributed by atoms with van der Waals surface area (Å²) in [6, 6.07) is -3.71. The van der Waals surface area contributed by atoms with Crippen LogP contribution in [-0.4, -0.2) is 76.3 Å². The molecule has 0 saturated carbocycles. The number of carboxylic acids is 2. The third-order valence-electron chi connectivity index (χ3n) is 3.00. The van der Waals surface area contributed by atoms with Crippen molar-refractivity contribution in [3.63, 3.8) is 0 Å². The van der Waals surface area contributed by atoms with Gasteiger partial charge in [-0.2, -0.15) is 0 Å². The highest BCUT2D eigenvalue weighted by Gasteiger charge is 2.23. The van der Waals surface area contributed by atoms with Crippen molar-refractivity contribution in [2.45, 2.75) is 37.9 Å². The Labute approximate surface area is 142 Å². The van der Waals surface area contributed by atoms with E-state index in [4.69, 9.17) is 21.1 Å². The summed E-state index contributed by atoms with van der Waals surface area (Å²) in [5, 5.41) is 32.4. The predicted molar refractivity (Wildman–Crippen MR) is 82.1 cm³/mol. The molecule has 0 aliphatic rings. The van der Waals surface area contributed by atoms with Gasteiger partial charge in [-0.05, 0) is 13.3 Å². The van der Waals surface area contributed by atoms with Crippen LogP contribution in [0.1, 0.15) is 19.8 Å². The Morgan fingerprint density at radius 2 is 1.64 bits per heavy atom. The van der Waals surface area contributed by atoms with Gasteiger partial charge >= 0.3 is 11.9 Å². The maximum Gasteiger partial charge on any atom is 0.328 e. The Kier molecular flexibility index (Phi) is 9.74. The van der Waals surface area contributed by atoms with Crippen LogP contribution in [0, 0.1) is 0 Å². The number of carboxylic acid groups (broad SMARTS) is 2. The molecule has 0 rings (SSSR count). The molecule has 0 bridgehead atoms. The number of aliphatic hydroxyl groups is 1. The van der Waals surface area contributed by atoms with Gasteiger partial charge in [0, 0.05) is 6.42 Å². The summed E-state index contributed by atoms with van der Waals surface area (Å²) in [6.07, 6.45) is -0.396. The average Bonchev–Trinajstić information content (AvgIpc) is 2.54. The van der Waals surface area contributed by atoms with E-state index < -0.39 is 60.9 Å². The van der Waals surface area contributed by atoms with E-state index in [0.29, 0.717) is 0 Å². The van der Waals surface area contributed by atoms with Gasteiger partial charge < -0.3 is 37.0 Å². The molecule has 3 amide bonds. The first-order chi connectivity index (χ1) is 11.6. The smallest absolute Gasteiger partial charge is 0.328 e. The van der Waals surface area contributed by atoms with Gasteiger partial charge in [0.05, 0.1) is 19.2 Å². The maximum absolute atomic E-state index is 11.7. The lowest BCUT2D eigenvalue weighted by atomic mass is 10.1. The summed E-state index contributed by atoms with van der Waals surface area (Å²) in [4.78, 5) is 55.9. The molecule has 12 heteroatoms. The number of carbonyl (C=O) groups excluding carboxylic acids is 3. The van der Waals surface area contributed by atoms with E-state index in [1.807, 2.05) is 5.32 Å². The van der Waals surface area contributed by atoms with Crippen LogP contribution in [0.25, 0.3) is 0 Å². The summed E-state index contributed by atoms with van der Waals surface area (Å²) < 4.78 is 0. The van der Waals surface area contributed by atoms with E-state index in [1.165, 1.54) is 6.92 Å². The van der Waals surface area contributed by atoms with Crippen molar-refractivity contribution in [1.82, 2.24) is 16.0 Å². The Morgan fingerprint density at radius 1 is 1.04 bits per heavy atom. The molecule has 0 aromatic heterocycles. The topological polar surface area (TPSA) is 208 Å². The minimum atomic E-state index is -1.50. The molecule has 0 spiro atoms. The van der Waals surface area contributed by atoms with E-state index in [2.05, 4.69) is 10.6 Å². The quantitative estimate of drug-likeness (QED) is 0.193. The summed E-state index contributed by atoms with van der Waals surface area (Å²) >= 11 is 0. The molecule has 3 atom stereocenters. The summed E-state index contributed by atoms with van der Waals surface area (Å²) in [6.45, 7) is -0.0322. The Balaban J connectivity index is 4.27. The molecule has 0 saturated heterocycles. The van der Waals surface area contributed by atoms with Crippen LogP contribution in [0.4, 0.5) is 0 Å². The first kappa shape index (κ1) is 22.3. The standard InChI is InChI=1S/C13H22N4O8/c1-6(11(22)17-8(5-18)13(24)25)16-9(19)4-15-12(23)7(14)2-3-10(20)21/h6-8,18H,2-5,14H2,1H3,(H,15,23)(H,16,19)(H,17,22)(H,20,21)(H,24,25). The van der Waals surface area contributed by atoms with Crippen molar-refractivity contribution in [3.05, 3.63) is 0 Å². The summed E-state index contributed by atoms with van der Waals surface area (Å²) in [5.74, 6) is -4.84. The lowest BCUT2D eigenvalue weighted by molar-refractivity contribution is -0.143. The number of aliphatic hydroxyl groups excluding tert-OH is 1. The van der Waals surface area contributed by atoms with Crippen molar-refractivity contribution in [2.24, 2.45) is 5.73 Å². The van der Waals surface area contributed by atoms with Crippen molar-refractivity contribution >= 4 is 29.7 Å². The number of nitrogens with two attached hydrogens (primary N) is 1. The predicted octanol–water partition coefficient (Wildman–Crippen LogP) is -3.64. The Morgan fingerprint density at radius 3 is 2.12 bits per heavy atom. The van der Waals surface area contributed by atoms with E-state index in [9.17, 15) is 24.0 Å². The Hall–Kier alpha value is -2.73. The molecule has 0 fully saturated rings. The van der Waals surface area contributed by atoms with Crippen LogP contribution in [-0.2, 0) is 24.0 Å². The molecular weight excluding hydrogens is 340 g/mol. The fourth-order valence-electron chi connectivity index (χ4n) is 1.55. The molecule has 3 unspecified atom stereocenters. The zero-order valence-corrected chi connectivity index (χ0v) is 13.5. The van der Waals surface area contributed by atoms with Gasteiger partial charge in [-0.3, -0.25) is 19.2 Å². The minimum Gasteiger partial charge on any atom is -0.481 e. The van der Waals surface area contributed by atoms with Gasteiger partial charge in [0.2, 0.25) is 17.7 Å². The maximum atomic E-state index is 11.7. The number of aliphatic carboxylic acids is 2. The normalized spacial score (nSPS) is 13.9. The van der Waals surface area contributed by atoms with E-state index in [1.54, 1.807) is 0 Å². The second kappa shape index (κ2) is 10.9. The van der Waals surface area contributed by atoms with Crippen molar-refractivity contribution < 1.29 is 39.3 Å². The van der Waals surface area contributed by atoms with Crippen LogP contribution in [0.3, 0.4) is 0 Å². The first-order valence-electron chi connectivity index (χ1n) is 7.27. The fraction of sp³-hybridized carbons (Fsp3) is 0.615. The highest BCUT2D eigenvalue weighted by Crippen LogP contribution is 1.94. The molecule has 25 heavy (non-hydrogen) atoms. The largest absolute Gasteiger partial charge is 0.481 e. The molecule has 12 nitrogen and oxygen atoms in total. The molecule has 0 aromatic rings. The number of rotatable bonds is 11. The van der Waals surface area contributed by atoms with Crippen LogP contribution in [0.5, 0.6) is 0 Å². The minimum absolute atomic E-state index is 0.0979. The zero-order valence-electron chi connectivity index (χ0n) is 13.5. The number of hydrogen-bond donors (Lipinski definition) is 7. The lowest BCUT2D eigenvalue weighted by Crippen LogP contribution is -2.53. The second-order valence-corrected chi connectivity index (χ2v) is 5.13. The highest BCUT2D eigenvalue weighted by atomic mass is 16.4. The van der Waals surface area contributed by atoms with Gasteiger partial charge in [-0.25, -0.2) is 4.79 Å². The van der Waals surface area contributed by atoms with Crippen molar-refractivity contribution in [1.29, 1.82) is 0 Å². The molecule has 0 aromatic carbocycles. The lowest BCUT2D eigenvalue weighted by Gasteiger charge is -2.17. The van der Waals surface area contributed by atoms with Gasteiger partial charge in [-0.1, -0.05) is 0 Å². The number of amides is 3. The zero-order chi connectivity index (χ0) is 19.6. The molecule has 0 heterocycles. The van der Waals surface area contributed by atoms with E-state index in [-0.39, 0.29) is 12.8 Å². The molecule has 142 valence electrons. The van der Waals surface area contributed by atoms with Crippen LogP contribution >= 0.6 is 0 Å². The average molecular weight is 362 g/mol. The van der Waals surface area contributed by atoms with Crippen molar-refractivity contribution in [2.75, 3.05) is 13.2 Å². The molecule has 0 aliphatic carbocycles. The summed E-state index contributed by atoms with van der Waals surface area (Å²) in [5.41, 5.74) is 5.45. The third-order valence-corrected chi connectivity index (χ3v) is 3.00. The van der Waals surface area contributed by atoms with E-state index in [0.717, 1.165) is 0 Å². The van der Waals surface area contributed by atoms with Crippen LogP contribution < -0.4 is 21.7 Å². The SMILES string of the molecule is CC(NC(=O)CNC(=O)C(N)CCC(=O)O)C(=O)NC(CO)C(=O)O. The van der Waals surface area contributed by atoms with Gasteiger partial charge in [0.15, 0.2) is 0 Å². The van der Waals surface area contributed by atoms with Crippen molar-refractivity contribution in [3.8, 4) is 0 Å². The monoisotopic (exact) mass is 362 g/mol. The first-order valence-corrected chi connectivity index (χ1v) is 7.27. The summed E-state index contributed by atoms with van der Waals surface area (Å²) in [7, 11) is 0. The number of hydrogen-bond acceptors (Lipinski definition) is 7. The van der Waals surface area contributed by atoms with Gasteiger partial charge in [-0.15, -0.1) is 0 Å². The number of nitrogens with one attached hydrogen (secondary N) is 3. The van der Waals surface area contributed by atoms with Gasteiger partial charge in [0.1, 0.15) is 12.1 Å². The highest BCUT2D eigenvalue weighted by molar-refractivity contribution is 5.92. The molecule has 0 radical (unpaired) electrons. The van der Waals surface area contributed by atoms with Crippen LogP contribution in [0.2, 0.25) is 0 Å². The molecule has 0 aliphatic heterocycles. The fourth-order valence-corrected chi connectivity index (χ4v) is 1.55. The van der Waals surface area contributed by atoms with Gasteiger partial charge in [0.25, 0.3) is 0 Å². The molecular formula is C13H22N4O8.